The second-order valence-corrected chi connectivity index (χ2v) is 5.39. The van der Waals surface area contributed by atoms with Crippen molar-refractivity contribution in [1.29, 1.82) is 0 Å². The number of hydrogen-bond acceptors (Lipinski definition) is 4. The first-order valence-corrected chi connectivity index (χ1v) is 7.34. The topological polar surface area (TPSA) is 45.4 Å². The Morgan fingerprint density at radius 2 is 2.26 bits per heavy atom. The summed E-state index contributed by atoms with van der Waals surface area (Å²) in [5.74, 6) is 1.04. The smallest absolute Gasteiger partial charge is 0.128 e. The highest BCUT2D eigenvalue weighted by Gasteiger charge is 2.20. The van der Waals surface area contributed by atoms with Gasteiger partial charge in [-0.15, -0.1) is 0 Å². The standard InChI is InChI=1S/C15H26N4/c1-3-18(2)15-8-7-13(11-17-15)12-19-9-5-4-6-14(19)10-16/h7-8,11,14H,3-6,9-10,12,16H2,1-2H3. The fourth-order valence-electron chi connectivity index (χ4n) is 2.67. The zero-order valence-electron chi connectivity index (χ0n) is 12.2. The van der Waals surface area contributed by atoms with Crippen LogP contribution < -0.4 is 10.6 Å². The van der Waals surface area contributed by atoms with Crippen LogP contribution in [0.25, 0.3) is 0 Å². The van der Waals surface area contributed by atoms with Crippen molar-refractivity contribution >= 4 is 5.82 Å². The van der Waals surface area contributed by atoms with Crippen molar-refractivity contribution in [3.8, 4) is 0 Å². The molecule has 2 rings (SSSR count). The molecule has 1 saturated heterocycles. The molecule has 19 heavy (non-hydrogen) atoms. The van der Waals surface area contributed by atoms with Gasteiger partial charge in [0.1, 0.15) is 5.82 Å². The van der Waals surface area contributed by atoms with Crippen LogP contribution in [-0.2, 0) is 6.54 Å². The molecule has 0 aliphatic carbocycles. The van der Waals surface area contributed by atoms with Crippen LogP contribution in [0, 0.1) is 0 Å². The van der Waals surface area contributed by atoms with Gasteiger partial charge in [0.2, 0.25) is 0 Å². The molecule has 106 valence electrons. The van der Waals surface area contributed by atoms with Crippen molar-refractivity contribution in [1.82, 2.24) is 9.88 Å². The largest absolute Gasteiger partial charge is 0.360 e. The molecule has 0 spiro atoms. The van der Waals surface area contributed by atoms with E-state index in [0.717, 1.165) is 25.5 Å². The number of likely N-dealkylation sites (tertiary alicyclic amines) is 1. The third kappa shape index (κ3) is 3.67. The molecule has 1 atom stereocenters. The molecule has 0 radical (unpaired) electrons. The minimum Gasteiger partial charge on any atom is -0.360 e. The number of hydrogen-bond donors (Lipinski definition) is 1. The second-order valence-electron chi connectivity index (χ2n) is 5.39. The van der Waals surface area contributed by atoms with Crippen molar-refractivity contribution in [2.75, 3.05) is 31.6 Å². The lowest BCUT2D eigenvalue weighted by molar-refractivity contribution is 0.145. The van der Waals surface area contributed by atoms with Gasteiger partial charge in [-0.2, -0.15) is 0 Å². The van der Waals surface area contributed by atoms with E-state index in [4.69, 9.17) is 5.73 Å². The van der Waals surface area contributed by atoms with Gasteiger partial charge < -0.3 is 10.6 Å². The van der Waals surface area contributed by atoms with E-state index in [0.29, 0.717) is 6.04 Å². The van der Waals surface area contributed by atoms with Crippen molar-refractivity contribution in [3.63, 3.8) is 0 Å². The highest BCUT2D eigenvalue weighted by molar-refractivity contribution is 5.37. The van der Waals surface area contributed by atoms with E-state index in [2.05, 4.69) is 40.9 Å². The molecule has 1 fully saturated rings. The third-order valence-corrected chi connectivity index (χ3v) is 4.08. The summed E-state index contributed by atoms with van der Waals surface area (Å²) in [7, 11) is 2.07. The SMILES string of the molecule is CCN(C)c1ccc(CN2CCCCC2CN)cn1. The van der Waals surface area contributed by atoms with Crippen LogP contribution >= 0.6 is 0 Å². The minimum atomic E-state index is 0.548. The van der Waals surface area contributed by atoms with Gasteiger partial charge in [-0.3, -0.25) is 4.90 Å². The lowest BCUT2D eigenvalue weighted by Crippen LogP contribution is -2.43. The number of nitrogens with zero attached hydrogens (tertiary/aromatic N) is 3. The summed E-state index contributed by atoms with van der Waals surface area (Å²) < 4.78 is 0. The van der Waals surface area contributed by atoms with Crippen LogP contribution in [0.3, 0.4) is 0 Å². The lowest BCUT2D eigenvalue weighted by Gasteiger charge is -2.34. The summed E-state index contributed by atoms with van der Waals surface area (Å²) in [5, 5.41) is 0. The van der Waals surface area contributed by atoms with E-state index in [-0.39, 0.29) is 0 Å². The molecule has 0 bridgehead atoms. The van der Waals surface area contributed by atoms with Crippen molar-refractivity contribution in [2.45, 2.75) is 38.8 Å². The number of anilines is 1. The number of aromatic nitrogens is 1. The predicted octanol–water partition coefficient (Wildman–Crippen LogP) is 1.85. The van der Waals surface area contributed by atoms with E-state index < -0.39 is 0 Å². The monoisotopic (exact) mass is 262 g/mol. The van der Waals surface area contributed by atoms with E-state index >= 15 is 0 Å². The Bertz CT molecular complexity index is 376. The average Bonchev–Trinajstić information content (AvgIpc) is 2.48. The van der Waals surface area contributed by atoms with Gasteiger partial charge >= 0.3 is 0 Å². The van der Waals surface area contributed by atoms with Crippen LogP contribution in [0.5, 0.6) is 0 Å². The summed E-state index contributed by atoms with van der Waals surface area (Å²) >= 11 is 0. The van der Waals surface area contributed by atoms with Crippen molar-refractivity contribution in [3.05, 3.63) is 23.9 Å². The maximum Gasteiger partial charge on any atom is 0.128 e. The summed E-state index contributed by atoms with van der Waals surface area (Å²) in [6.45, 7) is 6.02. The maximum atomic E-state index is 5.87. The number of rotatable bonds is 5. The Labute approximate surface area is 116 Å². The van der Waals surface area contributed by atoms with Gasteiger partial charge in [0, 0.05) is 38.9 Å². The van der Waals surface area contributed by atoms with Crippen LogP contribution in [0.1, 0.15) is 31.7 Å². The Balaban J connectivity index is 1.98. The predicted molar refractivity (Wildman–Crippen MR) is 80.3 cm³/mol. The number of piperidine rings is 1. The van der Waals surface area contributed by atoms with Gasteiger partial charge in [-0.25, -0.2) is 4.98 Å². The van der Waals surface area contributed by atoms with Crippen LogP contribution in [0.4, 0.5) is 5.82 Å². The summed E-state index contributed by atoms with van der Waals surface area (Å²) in [6.07, 6.45) is 5.85. The quantitative estimate of drug-likeness (QED) is 0.879. The first kappa shape index (κ1) is 14.3. The van der Waals surface area contributed by atoms with Gasteiger partial charge in [0.25, 0.3) is 0 Å². The zero-order valence-corrected chi connectivity index (χ0v) is 12.2. The van der Waals surface area contributed by atoms with Gasteiger partial charge in [-0.1, -0.05) is 12.5 Å². The molecular formula is C15H26N4. The molecule has 0 aromatic carbocycles. The van der Waals surface area contributed by atoms with Crippen molar-refractivity contribution in [2.24, 2.45) is 5.73 Å². The molecular weight excluding hydrogens is 236 g/mol. The first-order valence-electron chi connectivity index (χ1n) is 7.34. The zero-order chi connectivity index (χ0) is 13.7. The molecule has 4 nitrogen and oxygen atoms in total. The van der Waals surface area contributed by atoms with E-state index in [1.165, 1.54) is 31.4 Å². The highest BCUT2D eigenvalue weighted by Crippen LogP contribution is 2.19. The molecule has 4 heteroatoms. The molecule has 2 heterocycles. The molecule has 0 amide bonds. The Kier molecular flexibility index (Phi) is 5.16. The van der Waals surface area contributed by atoms with E-state index in [1.54, 1.807) is 0 Å². The van der Waals surface area contributed by atoms with Gasteiger partial charge in [0.15, 0.2) is 0 Å². The summed E-state index contributed by atoms with van der Waals surface area (Å²) in [5.41, 5.74) is 7.15. The Morgan fingerprint density at radius 3 is 2.89 bits per heavy atom. The first-order chi connectivity index (χ1) is 9.24. The van der Waals surface area contributed by atoms with Crippen LogP contribution in [0.15, 0.2) is 18.3 Å². The fraction of sp³-hybridized carbons (Fsp3) is 0.667. The normalized spacial score (nSPS) is 20.5. The molecule has 1 aliphatic rings. The van der Waals surface area contributed by atoms with Gasteiger partial charge in [0.05, 0.1) is 0 Å². The summed E-state index contributed by atoms with van der Waals surface area (Å²) in [4.78, 5) is 9.18. The average molecular weight is 262 g/mol. The van der Waals surface area contributed by atoms with Crippen molar-refractivity contribution < 1.29 is 0 Å². The van der Waals surface area contributed by atoms with E-state index in [9.17, 15) is 0 Å². The molecule has 0 saturated carbocycles. The number of pyridine rings is 1. The number of nitrogens with two attached hydrogens (primary N) is 1. The highest BCUT2D eigenvalue weighted by atomic mass is 15.2. The Morgan fingerprint density at radius 1 is 1.42 bits per heavy atom. The molecule has 1 aromatic rings. The molecule has 1 aromatic heterocycles. The fourth-order valence-corrected chi connectivity index (χ4v) is 2.67. The summed E-state index contributed by atoms with van der Waals surface area (Å²) in [6, 6.07) is 4.85. The van der Waals surface area contributed by atoms with E-state index in [1.807, 2.05) is 6.20 Å². The lowest BCUT2D eigenvalue weighted by atomic mass is 10.0. The Hall–Kier alpha value is -1.13. The van der Waals surface area contributed by atoms with Crippen LogP contribution in [0.2, 0.25) is 0 Å². The third-order valence-electron chi connectivity index (χ3n) is 4.08. The molecule has 1 unspecified atom stereocenters. The van der Waals surface area contributed by atoms with Crippen LogP contribution in [-0.4, -0.2) is 42.6 Å². The van der Waals surface area contributed by atoms with Gasteiger partial charge in [-0.05, 0) is 37.9 Å². The minimum absolute atomic E-state index is 0.548. The second kappa shape index (κ2) is 6.87. The molecule has 2 N–H and O–H groups in total. The molecule has 1 aliphatic heterocycles. The maximum absolute atomic E-state index is 5.87.